The first-order chi connectivity index (χ1) is 20.7. The maximum atomic E-state index is 13.4. The fraction of sp³-hybridized carbons (Fsp3) is 0.485. The van der Waals surface area contributed by atoms with Gasteiger partial charge in [0.05, 0.1) is 17.1 Å². The smallest absolute Gasteiger partial charge is 0.259 e. The van der Waals surface area contributed by atoms with Crippen molar-refractivity contribution < 1.29 is 19.2 Å². The highest BCUT2D eigenvalue weighted by Crippen LogP contribution is 2.44. The van der Waals surface area contributed by atoms with Crippen molar-refractivity contribution in [1.29, 1.82) is 0 Å². The van der Waals surface area contributed by atoms with Crippen molar-refractivity contribution in [3.8, 4) is 0 Å². The summed E-state index contributed by atoms with van der Waals surface area (Å²) in [4.78, 5) is 61.7. The highest BCUT2D eigenvalue weighted by atomic mass is 16.2. The van der Waals surface area contributed by atoms with E-state index in [-0.39, 0.29) is 29.7 Å². The molecule has 4 aliphatic rings. The van der Waals surface area contributed by atoms with Crippen molar-refractivity contribution in [2.75, 3.05) is 38.6 Å². The minimum Gasteiger partial charge on any atom is -0.404 e. The molecule has 0 radical (unpaired) electrons. The predicted molar refractivity (Wildman–Crippen MR) is 166 cm³/mol. The normalized spacial score (nSPS) is 22.5. The monoisotopic (exact) mass is 584 g/mol. The number of allylic oxidation sites excluding steroid dienone is 1. The molecule has 2 aromatic carbocycles. The Hall–Kier alpha value is -4.05. The minimum atomic E-state index is -0.716. The molecule has 43 heavy (non-hydrogen) atoms. The highest BCUT2D eigenvalue weighted by Gasteiger charge is 2.47. The van der Waals surface area contributed by atoms with E-state index in [1.165, 1.54) is 4.90 Å². The lowest BCUT2D eigenvalue weighted by Gasteiger charge is -2.46. The third kappa shape index (κ3) is 5.33. The van der Waals surface area contributed by atoms with Crippen LogP contribution in [0.1, 0.15) is 60.9 Å². The summed E-state index contributed by atoms with van der Waals surface area (Å²) in [6, 6.07) is 8.92. The number of likely N-dealkylation sites (tertiary alicyclic amines) is 1. The number of aliphatic imine (C=N–C) groups is 1. The first kappa shape index (κ1) is 29.0. The number of amides is 4. The Labute approximate surface area is 252 Å². The number of nitrogens with two attached hydrogens (primary N) is 1. The zero-order valence-corrected chi connectivity index (χ0v) is 25.0. The second-order valence-electron chi connectivity index (χ2n) is 12.7. The molecule has 3 heterocycles. The zero-order chi connectivity index (χ0) is 30.3. The molecule has 226 valence electrons. The van der Waals surface area contributed by atoms with Crippen molar-refractivity contribution in [1.82, 2.24) is 15.1 Å². The summed E-state index contributed by atoms with van der Waals surface area (Å²) in [5.41, 5.74) is 8.96. The maximum Gasteiger partial charge on any atom is 0.259 e. The van der Waals surface area contributed by atoms with E-state index in [1.807, 2.05) is 49.5 Å². The molecule has 3 fully saturated rings. The third-order valence-corrected chi connectivity index (χ3v) is 9.53. The van der Waals surface area contributed by atoms with Crippen LogP contribution in [-0.2, 0) is 20.8 Å². The summed E-state index contributed by atoms with van der Waals surface area (Å²) in [7, 11) is 4.08. The third-order valence-electron chi connectivity index (χ3n) is 9.53. The minimum absolute atomic E-state index is 0.137. The molecule has 6 rings (SSSR count). The predicted octanol–water partition coefficient (Wildman–Crippen LogP) is 2.78. The second-order valence-corrected chi connectivity index (χ2v) is 12.7. The van der Waals surface area contributed by atoms with Gasteiger partial charge in [-0.25, -0.2) is 0 Å². The van der Waals surface area contributed by atoms with Gasteiger partial charge in [0, 0.05) is 49.6 Å². The molecule has 10 heteroatoms. The van der Waals surface area contributed by atoms with Gasteiger partial charge in [-0.3, -0.25) is 34.4 Å². The van der Waals surface area contributed by atoms with E-state index in [0.29, 0.717) is 30.0 Å². The van der Waals surface area contributed by atoms with Crippen LogP contribution in [0.15, 0.2) is 47.1 Å². The van der Waals surface area contributed by atoms with Crippen LogP contribution in [0.2, 0.25) is 0 Å². The summed E-state index contributed by atoms with van der Waals surface area (Å²) < 4.78 is 0. The molecule has 1 aliphatic carbocycles. The summed E-state index contributed by atoms with van der Waals surface area (Å²) in [6.45, 7) is 2.27. The van der Waals surface area contributed by atoms with E-state index >= 15 is 0 Å². The number of anilines is 1. The molecule has 3 N–H and O–H groups in total. The maximum absolute atomic E-state index is 13.4. The van der Waals surface area contributed by atoms with Gasteiger partial charge in [-0.1, -0.05) is 24.6 Å². The van der Waals surface area contributed by atoms with Gasteiger partial charge in [0.25, 0.3) is 5.91 Å². The zero-order valence-electron chi connectivity index (χ0n) is 25.0. The lowest BCUT2D eigenvalue weighted by Crippen LogP contribution is -2.54. The molecule has 10 nitrogen and oxygen atoms in total. The van der Waals surface area contributed by atoms with E-state index < -0.39 is 11.9 Å². The number of rotatable bonds is 8. The molecule has 0 aromatic heterocycles. The van der Waals surface area contributed by atoms with Crippen LogP contribution in [0.5, 0.6) is 0 Å². The summed E-state index contributed by atoms with van der Waals surface area (Å²) in [6.07, 6.45) is 9.22. The van der Waals surface area contributed by atoms with Crippen LogP contribution in [0.3, 0.4) is 0 Å². The molecule has 2 aromatic rings. The molecule has 3 aliphatic heterocycles. The summed E-state index contributed by atoms with van der Waals surface area (Å²) in [5, 5.41) is 4.12. The van der Waals surface area contributed by atoms with Gasteiger partial charge in [0.1, 0.15) is 6.04 Å². The van der Waals surface area contributed by atoms with Crippen LogP contribution in [0.25, 0.3) is 10.8 Å². The lowest BCUT2D eigenvalue weighted by molar-refractivity contribution is -0.149. The average Bonchev–Trinajstić information content (AvgIpc) is 3.26. The van der Waals surface area contributed by atoms with E-state index in [2.05, 4.69) is 10.2 Å². The molecular weight excluding hydrogens is 544 g/mol. The Morgan fingerprint density at radius 2 is 1.88 bits per heavy atom. The number of carbonyl (C=O) groups is 4. The van der Waals surface area contributed by atoms with Crippen LogP contribution in [0, 0.1) is 5.41 Å². The van der Waals surface area contributed by atoms with E-state index in [9.17, 15) is 19.2 Å². The highest BCUT2D eigenvalue weighted by molar-refractivity contribution is 6.27. The van der Waals surface area contributed by atoms with E-state index in [1.54, 1.807) is 12.3 Å². The van der Waals surface area contributed by atoms with Crippen LogP contribution >= 0.6 is 0 Å². The number of benzene rings is 2. The van der Waals surface area contributed by atoms with Gasteiger partial charge in [-0.05, 0) is 81.1 Å². The van der Waals surface area contributed by atoms with Crippen molar-refractivity contribution in [2.24, 2.45) is 16.1 Å². The Kier molecular flexibility index (Phi) is 7.81. The van der Waals surface area contributed by atoms with Crippen molar-refractivity contribution in [2.45, 2.75) is 63.5 Å². The number of hydrogen-bond donors (Lipinski definition) is 2. The number of hydrogen-bond acceptors (Lipinski definition) is 7. The van der Waals surface area contributed by atoms with Gasteiger partial charge < -0.3 is 15.5 Å². The molecule has 1 unspecified atom stereocenters. The molecule has 1 saturated carbocycles. The molecule has 0 bridgehead atoms. The molecule has 0 spiro atoms. The molecule has 2 saturated heterocycles. The van der Waals surface area contributed by atoms with Crippen LogP contribution in [0.4, 0.5) is 5.69 Å². The van der Waals surface area contributed by atoms with Crippen molar-refractivity contribution >= 4 is 46.3 Å². The second kappa shape index (κ2) is 11.6. The topological polar surface area (TPSA) is 128 Å². The Balaban J connectivity index is 1.13. The Bertz CT molecular complexity index is 1530. The summed E-state index contributed by atoms with van der Waals surface area (Å²) >= 11 is 0. The first-order valence-electron chi connectivity index (χ1n) is 15.3. The number of nitrogens with zero attached hydrogens (tertiary/aromatic N) is 4. The van der Waals surface area contributed by atoms with Crippen LogP contribution in [-0.4, -0.2) is 85.5 Å². The SMILES string of the molecule is CN(C)CC1(C(=O)N2CCC(N=C/C(=C\N)Cc3ccc4c5c(cccc35)C(=O)N4C3CCC(=O)NC3=O)CC2)CCC1. The average molecular weight is 585 g/mol. The van der Waals surface area contributed by atoms with Gasteiger partial charge >= 0.3 is 0 Å². The fourth-order valence-electron chi connectivity index (χ4n) is 7.23. The molecule has 4 amide bonds. The lowest BCUT2D eigenvalue weighted by atomic mass is 9.67. The first-order valence-corrected chi connectivity index (χ1v) is 15.3. The van der Waals surface area contributed by atoms with Gasteiger partial charge in [-0.15, -0.1) is 0 Å². The van der Waals surface area contributed by atoms with E-state index in [0.717, 1.165) is 73.6 Å². The van der Waals surface area contributed by atoms with Gasteiger partial charge in [0.2, 0.25) is 17.7 Å². The van der Waals surface area contributed by atoms with Gasteiger partial charge in [-0.2, -0.15) is 0 Å². The van der Waals surface area contributed by atoms with E-state index in [4.69, 9.17) is 10.7 Å². The summed E-state index contributed by atoms with van der Waals surface area (Å²) in [5.74, 6) is -0.669. The quantitative estimate of drug-likeness (QED) is 0.363. The number of piperidine rings is 2. The number of imide groups is 1. The molecule has 1 atom stereocenters. The molecular formula is C33H40N6O4. The number of nitrogens with one attached hydrogen (secondary N) is 1. The Morgan fingerprint density at radius 1 is 1.12 bits per heavy atom. The Morgan fingerprint density at radius 3 is 2.53 bits per heavy atom. The largest absolute Gasteiger partial charge is 0.404 e. The van der Waals surface area contributed by atoms with Crippen LogP contribution < -0.4 is 16.0 Å². The fourth-order valence-corrected chi connectivity index (χ4v) is 7.23. The van der Waals surface area contributed by atoms with Crippen molar-refractivity contribution in [3.05, 3.63) is 53.2 Å². The van der Waals surface area contributed by atoms with Crippen molar-refractivity contribution in [3.63, 3.8) is 0 Å². The standard InChI is InChI=1S/C33H40N6O4/c1-37(2)20-33(13-4-14-33)32(43)38-15-11-23(12-16-38)35-19-21(18-34)17-22-7-8-26-29-24(22)5-3-6-25(29)31(42)39(26)27-9-10-28(40)36-30(27)41/h3,5-8,18-19,23,27H,4,9-17,20,34H2,1-2H3,(H,36,40,41)/b21-18-,35-19?. The van der Waals surface area contributed by atoms with Gasteiger partial charge in [0.15, 0.2) is 0 Å². The number of carbonyl (C=O) groups excluding carboxylic acids is 4.